The summed E-state index contributed by atoms with van der Waals surface area (Å²) in [6.45, 7) is 5.18. The van der Waals surface area contributed by atoms with Crippen molar-refractivity contribution in [2.24, 2.45) is 11.7 Å². The average molecular weight is 192 g/mol. The van der Waals surface area contributed by atoms with Crippen LogP contribution in [0.3, 0.4) is 0 Å². The lowest BCUT2D eigenvalue weighted by Crippen LogP contribution is -2.16. The maximum Gasteiger partial charge on any atom is 0.0447 e. The molecular formula is C12H20N2. The van der Waals surface area contributed by atoms with E-state index in [9.17, 15) is 0 Å². The molecule has 0 amide bonds. The summed E-state index contributed by atoms with van der Waals surface area (Å²) >= 11 is 0. The maximum absolute atomic E-state index is 5.77. The van der Waals surface area contributed by atoms with Crippen molar-refractivity contribution in [2.75, 3.05) is 6.54 Å². The van der Waals surface area contributed by atoms with Crippen LogP contribution in [0.2, 0.25) is 0 Å². The summed E-state index contributed by atoms with van der Waals surface area (Å²) in [5.41, 5.74) is 6.90. The number of rotatable bonds is 5. The van der Waals surface area contributed by atoms with Gasteiger partial charge < -0.3 is 5.73 Å². The van der Waals surface area contributed by atoms with Crippen LogP contribution in [0.15, 0.2) is 24.4 Å². The second kappa shape index (κ2) is 5.76. The van der Waals surface area contributed by atoms with Gasteiger partial charge in [0.2, 0.25) is 0 Å². The van der Waals surface area contributed by atoms with E-state index < -0.39 is 0 Å². The fraction of sp³-hybridized carbons (Fsp3) is 0.583. The lowest BCUT2D eigenvalue weighted by molar-refractivity contribution is 0.453. The molecule has 14 heavy (non-hydrogen) atoms. The van der Waals surface area contributed by atoms with Crippen LogP contribution in [0.5, 0.6) is 0 Å². The highest BCUT2D eigenvalue weighted by molar-refractivity contribution is 5.09. The van der Waals surface area contributed by atoms with Crippen LogP contribution in [0.25, 0.3) is 0 Å². The second-order valence-electron chi connectivity index (χ2n) is 3.94. The van der Waals surface area contributed by atoms with Crippen LogP contribution >= 0.6 is 0 Å². The summed E-state index contributed by atoms with van der Waals surface area (Å²) < 4.78 is 0. The standard InChI is InChI=1S/C12H20N2/c1-3-10(2)8-11(9-13)12-6-4-5-7-14-12/h4-7,10-11H,3,8-9,13H2,1-2H3/t10-,11+/m0/s1. The second-order valence-corrected chi connectivity index (χ2v) is 3.94. The summed E-state index contributed by atoms with van der Waals surface area (Å²) in [7, 11) is 0. The van der Waals surface area contributed by atoms with E-state index in [0.29, 0.717) is 12.5 Å². The van der Waals surface area contributed by atoms with Crippen molar-refractivity contribution in [3.8, 4) is 0 Å². The van der Waals surface area contributed by atoms with Crippen LogP contribution in [-0.4, -0.2) is 11.5 Å². The normalized spacial score (nSPS) is 15.1. The molecule has 2 heteroatoms. The van der Waals surface area contributed by atoms with Gasteiger partial charge in [-0.2, -0.15) is 0 Å². The van der Waals surface area contributed by atoms with Crippen molar-refractivity contribution >= 4 is 0 Å². The number of nitrogens with zero attached hydrogens (tertiary/aromatic N) is 1. The van der Waals surface area contributed by atoms with Gasteiger partial charge in [-0.15, -0.1) is 0 Å². The SMILES string of the molecule is CC[C@H](C)C[C@H](CN)c1ccccn1. The van der Waals surface area contributed by atoms with E-state index >= 15 is 0 Å². The van der Waals surface area contributed by atoms with Gasteiger partial charge in [0.25, 0.3) is 0 Å². The lowest BCUT2D eigenvalue weighted by Gasteiger charge is -2.17. The largest absolute Gasteiger partial charge is 0.330 e. The van der Waals surface area contributed by atoms with Gasteiger partial charge in [-0.05, 0) is 24.5 Å². The third-order valence-corrected chi connectivity index (χ3v) is 2.77. The maximum atomic E-state index is 5.77. The molecule has 0 aliphatic carbocycles. The zero-order chi connectivity index (χ0) is 10.4. The summed E-state index contributed by atoms with van der Waals surface area (Å²) in [5.74, 6) is 1.15. The van der Waals surface area contributed by atoms with Crippen LogP contribution < -0.4 is 5.73 Å². The quantitative estimate of drug-likeness (QED) is 0.778. The first-order valence-corrected chi connectivity index (χ1v) is 5.38. The number of nitrogens with two attached hydrogens (primary N) is 1. The van der Waals surface area contributed by atoms with E-state index in [2.05, 4.69) is 24.9 Å². The van der Waals surface area contributed by atoms with Crippen LogP contribution in [0.4, 0.5) is 0 Å². The van der Waals surface area contributed by atoms with Gasteiger partial charge >= 0.3 is 0 Å². The monoisotopic (exact) mass is 192 g/mol. The smallest absolute Gasteiger partial charge is 0.0447 e. The number of hydrogen-bond donors (Lipinski definition) is 1. The molecule has 1 aromatic rings. The molecule has 0 saturated carbocycles. The molecule has 1 heterocycles. The Labute approximate surface area is 86.5 Å². The Hall–Kier alpha value is -0.890. The van der Waals surface area contributed by atoms with Crippen LogP contribution in [-0.2, 0) is 0 Å². The Bertz CT molecular complexity index is 246. The Morgan fingerprint density at radius 1 is 1.43 bits per heavy atom. The topological polar surface area (TPSA) is 38.9 Å². The predicted molar refractivity (Wildman–Crippen MR) is 60.1 cm³/mol. The molecule has 0 unspecified atom stereocenters. The molecule has 1 aromatic heterocycles. The molecular weight excluding hydrogens is 172 g/mol. The lowest BCUT2D eigenvalue weighted by atomic mass is 9.91. The van der Waals surface area contributed by atoms with E-state index in [4.69, 9.17) is 5.73 Å². The molecule has 0 aliphatic rings. The van der Waals surface area contributed by atoms with Gasteiger partial charge in [0.1, 0.15) is 0 Å². The molecule has 2 atom stereocenters. The highest BCUT2D eigenvalue weighted by atomic mass is 14.7. The molecule has 78 valence electrons. The van der Waals surface area contributed by atoms with Crippen LogP contribution in [0.1, 0.15) is 38.3 Å². The summed E-state index contributed by atoms with van der Waals surface area (Å²) in [5, 5.41) is 0. The molecule has 0 spiro atoms. The van der Waals surface area contributed by atoms with E-state index in [1.54, 1.807) is 0 Å². The van der Waals surface area contributed by atoms with Gasteiger partial charge in [-0.3, -0.25) is 4.98 Å². The zero-order valence-electron chi connectivity index (χ0n) is 9.11. The molecule has 0 fully saturated rings. The van der Waals surface area contributed by atoms with Gasteiger partial charge in [-0.1, -0.05) is 26.3 Å². The molecule has 0 aliphatic heterocycles. The molecule has 2 nitrogen and oxygen atoms in total. The Morgan fingerprint density at radius 2 is 2.21 bits per heavy atom. The van der Waals surface area contributed by atoms with Crippen molar-refractivity contribution in [2.45, 2.75) is 32.6 Å². The fourth-order valence-corrected chi connectivity index (χ4v) is 1.61. The predicted octanol–water partition coefficient (Wildman–Crippen LogP) is 2.56. The van der Waals surface area contributed by atoms with Gasteiger partial charge in [-0.25, -0.2) is 0 Å². The summed E-state index contributed by atoms with van der Waals surface area (Å²) in [4.78, 5) is 4.36. The summed E-state index contributed by atoms with van der Waals surface area (Å²) in [6, 6.07) is 6.04. The Kier molecular flexibility index (Phi) is 4.60. The van der Waals surface area contributed by atoms with Gasteiger partial charge in [0.15, 0.2) is 0 Å². The molecule has 0 saturated heterocycles. The third kappa shape index (κ3) is 3.11. The highest BCUT2D eigenvalue weighted by Gasteiger charge is 2.13. The summed E-state index contributed by atoms with van der Waals surface area (Å²) in [6.07, 6.45) is 4.20. The minimum Gasteiger partial charge on any atom is -0.330 e. The Balaban J connectivity index is 2.63. The minimum atomic E-state index is 0.422. The van der Waals surface area contributed by atoms with Gasteiger partial charge in [0, 0.05) is 24.4 Å². The molecule has 0 radical (unpaired) electrons. The third-order valence-electron chi connectivity index (χ3n) is 2.77. The van der Waals surface area contributed by atoms with E-state index in [1.807, 2.05) is 18.3 Å². The molecule has 0 bridgehead atoms. The Morgan fingerprint density at radius 3 is 2.71 bits per heavy atom. The average Bonchev–Trinajstić information content (AvgIpc) is 2.26. The molecule has 1 rings (SSSR count). The zero-order valence-corrected chi connectivity index (χ0v) is 9.11. The first-order chi connectivity index (χ1) is 6.77. The van der Waals surface area contributed by atoms with Crippen LogP contribution in [0, 0.1) is 5.92 Å². The van der Waals surface area contributed by atoms with Crippen molar-refractivity contribution in [1.29, 1.82) is 0 Å². The first-order valence-electron chi connectivity index (χ1n) is 5.38. The fourth-order valence-electron chi connectivity index (χ4n) is 1.61. The molecule has 2 N–H and O–H groups in total. The van der Waals surface area contributed by atoms with E-state index in [1.165, 1.54) is 6.42 Å². The van der Waals surface area contributed by atoms with Crippen molar-refractivity contribution in [1.82, 2.24) is 4.98 Å². The number of hydrogen-bond acceptors (Lipinski definition) is 2. The minimum absolute atomic E-state index is 0.422. The first kappa shape index (κ1) is 11.2. The van der Waals surface area contributed by atoms with Crippen molar-refractivity contribution in [3.63, 3.8) is 0 Å². The van der Waals surface area contributed by atoms with E-state index in [-0.39, 0.29) is 0 Å². The molecule has 0 aromatic carbocycles. The number of pyridine rings is 1. The highest BCUT2D eigenvalue weighted by Crippen LogP contribution is 2.22. The van der Waals surface area contributed by atoms with Gasteiger partial charge in [0.05, 0.1) is 0 Å². The van der Waals surface area contributed by atoms with Crippen molar-refractivity contribution in [3.05, 3.63) is 30.1 Å². The van der Waals surface area contributed by atoms with Crippen molar-refractivity contribution < 1.29 is 0 Å². The van der Waals surface area contributed by atoms with E-state index in [0.717, 1.165) is 18.0 Å². The number of aromatic nitrogens is 1.